The van der Waals surface area contributed by atoms with Crippen molar-refractivity contribution in [2.24, 2.45) is 11.7 Å². The molecule has 1 aromatic rings. The molecule has 1 heteroatoms. The van der Waals surface area contributed by atoms with Crippen LogP contribution in [0.1, 0.15) is 36.1 Å². The third-order valence-electron chi connectivity index (χ3n) is 2.92. The molecule has 0 heterocycles. The van der Waals surface area contributed by atoms with Crippen LogP contribution in [0.2, 0.25) is 0 Å². The van der Waals surface area contributed by atoms with Gasteiger partial charge in [-0.15, -0.1) is 0 Å². The number of benzene rings is 1. The van der Waals surface area contributed by atoms with Crippen LogP contribution in [0.3, 0.4) is 0 Å². The summed E-state index contributed by atoms with van der Waals surface area (Å²) < 4.78 is 0. The highest BCUT2D eigenvalue weighted by Gasteiger charge is 2.21. The third-order valence-corrected chi connectivity index (χ3v) is 2.92. The Morgan fingerprint density at radius 1 is 1.38 bits per heavy atom. The van der Waals surface area contributed by atoms with Crippen LogP contribution >= 0.6 is 0 Å². The van der Waals surface area contributed by atoms with Gasteiger partial charge >= 0.3 is 0 Å². The van der Waals surface area contributed by atoms with Gasteiger partial charge in [-0.25, -0.2) is 0 Å². The van der Waals surface area contributed by atoms with Crippen LogP contribution in [0.25, 0.3) is 0 Å². The molecule has 0 bridgehead atoms. The first-order chi connectivity index (χ1) is 6.16. The Labute approximate surface area is 80.0 Å². The summed E-state index contributed by atoms with van der Waals surface area (Å²) in [5, 5.41) is 0. The quantitative estimate of drug-likeness (QED) is 0.644. The first kappa shape index (κ1) is 8.76. The maximum absolute atomic E-state index is 6.09. The van der Waals surface area contributed by atoms with Crippen LogP contribution in [0.15, 0.2) is 18.2 Å². The van der Waals surface area contributed by atoms with Crippen molar-refractivity contribution in [2.75, 3.05) is 0 Å². The fourth-order valence-corrected chi connectivity index (χ4v) is 2.29. The number of aryl methyl sites for hydroxylation is 1. The molecule has 1 nitrogen and oxygen atoms in total. The van der Waals surface area contributed by atoms with Crippen molar-refractivity contribution in [3.8, 4) is 0 Å². The van der Waals surface area contributed by atoms with E-state index in [0.29, 0.717) is 0 Å². The van der Waals surface area contributed by atoms with Crippen LogP contribution in [0.5, 0.6) is 0 Å². The third kappa shape index (κ3) is 1.61. The Hall–Kier alpha value is -0.820. The van der Waals surface area contributed by atoms with Gasteiger partial charge in [0.15, 0.2) is 0 Å². The molecule has 2 N–H and O–H groups in total. The molecule has 0 spiro atoms. The maximum Gasteiger partial charge on any atom is 0.0300 e. The Bertz CT molecular complexity index is 317. The molecule has 0 saturated carbocycles. The molecule has 1 aliphatic rings. The van der Waals surface area contributed by atoms with Crippen LogP contribution in [-0.4, -0.2) is 0 Å². The zero-order valence-corrected chi connectivity index (χ0v) is 8.38. The number of rotatable bonds is 0. The molecule has 0 radical (unpaired) electrons. The average molecular weight is 175 g/mol. The summed E-state index contributed by atoms with van der Waals surface area (Å²) in [6.07, 6.45) is 2.33. The molecule has 1 aromatic carbocycles. The van der Waals surface area contributed by atoms with Crippen LogP contribution < -0.4 is 5.73 Å². The number of hydrogen-bond acceptors (Lipinski definition) is 1. The fourth-order valence-electron chi connectivity index (χ4n) is 2.29. The molecule has 1 aliphatic carbocycles. The topological polar surface area (TPSA) is 26.0 Å². The van der Waals surface area contributed by atoms with Gasteiger partial charge < -0.3 is 5.73 Å². The molecule has 0 amide bonds. The summed E-state index contributed by atoms with van der Waals surface area (Å²) in [6.45, 7) is 4.43. The predicted molar refractivity (Wildman–Crippen MR) is 55.6 cm³/mol. The first-order valence-corrected chi connectivity index (χ1v) is 5.02. The summed E-state index contributed by atoms with van der Waals surface area (Å²) in [4.78, 5) is 0. The van der Waals surface area contributed by atoms with Crippen molar-refractivity contribution >= 4 is 0 Å². The molecule has 70 valence electrons. The second-order valence-corrected chi connectivity index (χ2v) is 4.35. The largest absolute Gasteiger partial charge is 0.324 e. The lowest BCUT2D eigenvalue weighted by Crippen LogP contribution is -2.22. The summed E-state index contributed by atoms with van der Waals surface area (Å²) in [6, 6.07) is 6.90. The molecule has 0 saturated heterocycles. The maximum atomic E-state index is 6.09. The highest BCUT2D eigenvalue weighted by Crippen LogP contribution is 2.31. The van der Waals surface area contributed by atoms with Gasteiger partial charge in [-0.1, -0.05) is 30.7 Å². The van der Waals surface area contributed by atoms with Gasteiger partial charge in [0.2, 0.25) is 0 Å². The first-order valence-electron chi connectivity index (χ1n) is 5.02. The normalized spacial score (nSPS) is 27.0. The van der Waals surface area contributed by atoms with Crippen LogP contribution in [0.4, 0.5) is 0 Å². The Morgan fingerprint density at radius 3 is 2.92 bits per heavy atom. The molecule has 0 aromatic heterocycles. The molecule has 0 fully saturated rings. The summed E-state index contributed by atoms with van der Waals surface area (Å²) >= 11 is 0. The van der Waals surface area contributed by atoms with Gasteiger partial charge in [0.1, 0.15) is 0 Å². The van der Waals surface area contributed by atoms with E-state index in [1.54, 1.807) is 0 Å². The van der Waals surface area contributed by atoms with Gasteiger partial charge in [0, 0.05) is 6.04 Å². The van der Waals surface area contributed by atoms with E-state index in [1.165, 1.54) is 23.1 Å². The average Bonchev–Trinajstić information content (AvgIpc) is 2.02. The van der Waals surface area contributed by atoms with Gasteiger partial charge in [-0.3, -0.25) is 0 Å². The van der Waals surface area contributed by atoms with Gasteiger partial charge in [-0.2, -0.15) is 0 Å². The van der Waals surface area contributed by atoms with Gasteiger partial charge in [0.25, 0.3) is 0 Å². The van der Waals surface area contributed by atoms with Gasteiger partial charge in [-0.05, 0) is 36.8 Å². The second-order valence-electron chi connectivity index (χ2n) is 4.35. The van der Waals surface area contributed by atoms with E-state index in [2.05, 4.69) is 32.0 Å². The molecule has 13 heavy (non-hydrogen) atoms. The van der Waals surface area contributed by atoms with Crippen molar-refractivity contribution in [1.29, 1.82) is 0 Å². The van der Waals surface area contributed by atoms with E-state index in [9.17, 15) is 0 Å². The van der Waals surface area contributed by atoms with Crippen LogP contribution in [0, 0.1) is 12.8 Å². The Balaban J connectivity index is 2.43. The Kier molecular flexibility index (Phi) is 2.12. The monoisotopic (exact) mass is 175 g/mol. The minimum atomic E-state index is 0.263. The lowest BCUT2D eigenvalue weighted by Gasteiger charge is -2.27. The SMILES string of the molecule is Cc1ccc2c(c1)CC(C)CC2N. The number of hydrogen-bond donors (Lipinski definition) is 1. The van der Waals surface area contributed by atoms with Crippen molar-refractivity contribution in [3.63, 3.8) is 0 Å². The zero-order chi connectivity index (χ0) is 9.42. The highest BCUT2D eigenvalue weighted by atomic mass is 14.6. The summed E-state index contributed by atoms with van der Waals surface area (Å²) in [5.41, 5.74) is 10.3. The summed E-state index contributed by atoms with van der Waals surface area (Å²) in [5.74, 6) is 0.740. The molecule has 2 unspecified atom stereocenters. The lowest BCUT2D eigenvalue weighted by atomic mass is 9.81. The minimum absolute atomic E-state index is 0.263. The number of fused-ring (bicyclic) bond motifs is 1. The van der Waals surface area contributed by atoms with Crippen molar-refractivity contribution < 1.29 is 0 Å². The smallest absolute Gasteiger partial charge is 0.0300 e. The minimum Gasteiger partial charge on any atom is -0.324 e. The van der Waals surface area contributed by atoms with Gasteiger partial charge in [0.05, 0.1) is 0 Å². The van der Waals surface area contributed by atoms with Crippen molar-refractivity contribution in [1.82, 2.24) is 0 Å². The van der Waals surface area contributed by atoms with E-state index in [0.717, 1.165) is 12.3 Å². The van der Waals surface area contributed by atoms with E-state index in [1.807, 2.05) is 0 Å². The predicted octanol–water partition coefficient (Wildman–Crippen LogP) is 2.58. The fraction of sp³-hybridized carbons (Fsp3) is 0.500. The zero-order valence-electron chi connectivity index (χ0n) is 8.38. The van der Waals surface area contributed by atoms with E-state index in [4.69, 9.17) is 5.73 Å². The molecule has 2 rings (SSSR count). The molecular weight excluding hydrogens is 158 g/mol. The van der Waals surface area contributed by atoms with E-state index >= 15 is 0 Å². The van der Waals surface area contributed by atoms with E-state index in [-0.39, 0.29) is 6.04 Å². The second kappa shape index (κ2) is 3.15. The molecule has 0 aliphatic heterocycles. The molecular formula is C12H17N. The van der Waals surface area contributed by atoms with E-state index < -0.39 is 0 Å². The molecule has 2 atom stereocenters. The highest BCUT2D eigenvalue weighted by molar-refractivity contribution is 5.35. The van der Waals surface area contributed by atoms with Crippen molar-refractivity contribution in [2.45, 2.75) is 32.7 Å². The summed E-state index contributed by atoms with van der Waals surface area (Å²) in [7, 11) is 0. The van der Waals surface area contributed by atoms with Crippen molar-refractivity contribution in [3.05, 3.63) is 34.9 Å². The Morgan fingerprint density at radius 2 is 2.15 bits per heavy atom. The lowest BCUT2D eigenvalue weighted by molar-refractivity contribution is 0.439. The number of nitrogens with two attached hydrogens (primary N) is 1. The van der Waals surface area contributed by atoms with Crippen LogP contribution in [-0.2, 0) is 6.42 Å². The standard InChI is InChI=1S/C12H17N/c1-8-3-4-11-10(5-8)6-9(2)7-12(11)13/h3-5,9,12H,6-7,13H2,1-2H3.